The predicted octanol–water partition coefficient (Wildman–Crippen LogP) is 10.9. The Kier molecular flexibility index (Phi) is 27.4. The lowest BCUT2D eigenvalue weighted by Gasteiger charge is -2.12. The van der Waals surface area contributed by atoms with Crippen LogP contribution in [0.2, 0.25) is 0 Å². The van der Waals surface area contributed by atoms with Gasteiger partial charge in [0.15, 0.2) is 0 Å². The molecule has 0 aromatic rings. The van der Waals surface area contributed by atoms with Crippen molar-refractivity contribution in [2.24, 2.45) is 5.92 Å². The van der Waals surface area contributed by atoms with E-state index in [0.29, 0.717) is 12.8 Å². The van der Waals surface area contributed by atoms with Crippen LogP contribution >= 0.6 is 0 Å². The number of unbranched alkanes of at least 4 members (excludes halogenated alkanes) is 12. The highest BCUT2D eigenvalue weighted by Gasteiger charge is 2.26. The summed E-state index contributed by atoms with van der Waals surface area (Å²) >= 11 is 0. The molecule has 0 saturated carbocycles. The van der Waals surface area contributed by atoms with Crippen molar-refractivity contribution in [3.8, 4) is 0 Å². The molecule has 40 heavy (non-hydrogen) atoms. The highest BCUT2D eigenvalue weighted by Crippen LogP contribution is 2.21. The molecule has 0 aromatic heterocycles. The molecular formula is C36H58O4. The van der Waals surface area contributed by atoms with Crippen molar-refractivity contribution in [1.82, 2.24) is 0 Å². The Morgan fingerprint density at radius 3 is 1.68 bits per heavy atom. The third kappa shape index (κ3) is 24.4. The van der Waals surface area contributed by atoms with Gasteiger partial charge in [-0.05, 0) is 70.6 Å². The smallest absolute Gasteiger partial charge is 0.332 e. The van der Waals surface area contributed by atoms with Gasteiger partial charge < -0.3 is 10.2 Å². The monoisotopic (exact) mass is 554 g/mol. The third-order valence-corrected chi connectivity index (χ3v) is 6.86. The van der Waals surface area contributed by atoms with Crippen LogP contribution in [0.5, 0.6) is 0 Å². The Morgan fingerprint density at radius 2 is 1.07 bits per heavy atom. The Hall–Kier alpha value is -2.62. The summed E-state index contributed by atoms with van der Waals surface area (Å²) in [7, 11) is 0. The Morgan fingerprint density at radius 1 is 0.575 bits per heavy atom. The summed E-state index contributed by atoms with van der Waals surface area (Å²) in [6.45, 7) is 4.38. The zero-order valence-electron chi connectivity index (χ0n) is 25.6. The van der Waals surface area contributed by atoms with Crippen molar-refractivity contribution in [3.05, 3.63) is 72.4 Å². The number of carbonyl (C=O) groups is 2. The van der Waals surface area contributed by atoms with E-state index in [9.17, 15) is 19.8 Å². The number of hydrogen-bond donors (Lipinski definition) is 2. The van der Waals surface area contributed by atoms with Crippen LogP contribution in [0.15, 0.2) is 72.4 Å². The summed E-state index contributed by atoms with van der Waals surface area (Å²) in [5.41, 5.74) is -0.0243. The zero-order chi connectivity index (χ0) is 29.5. The highest BCUT2D eigenvalue weighted by molar-refractivity contribution is 5.94. The minimum Gasteiger partial charge on any atom is -0.481 e. The standard InChI is InChI=1S/C36H58O4/c1-3-5-7-9-11-13-15-17-19-21-23-25-27-29-31-33(35(37)38)34(36(39)40)32-30-28-26-24-22-20-18-16-14-12-10-8-6-4-2/h5,7,11,13,17-20,28,30,32-33H,3-4,6,8-10,12,14-16,21-27,29,31H2,1-2H3,(H,37,38)(H,39,40). The fraction of sp³-hybridized carbons (Fsp3) is 0.611. The molecule has 0 heterocycles. The van der Waals surface area contributed by atoms with Crippen molar-refractivity contribution in [1.29, 1.82) is 0 Å². The molecule has 0 fully saturated rings. The summed E-state index contributed by atoms with van der Waals surface area (Å²) < 4.78 is 0. The first-order valence-corrected chi connectivity index (χ1v) is 16.0. The summed E-state index contributed by atoms with van der Waals surface area (Å²) in [6, 6.07) is 0. The van der Waals surface area contributed by atoms with E-state index in [2.05, 4.69) is 62.5 Å². The molecule has 1 unspecified atom stereocenters. The SMILES string of the molecule is CCC=CCC=CCC=CCCCCCCC(C(=O)O)C(=CC=CCCCC=CCCCCCCCC)C(=O)O. The molecule has 0 saturated heterocycles. The second-order valence-corrected chi connectivity index (χ2v) is 10.5. The van der Waals surface area contributed by atoms with Crippen LogP contribution in [-0.2, 0) is 9.59 Å². The predicted molar refractivity (Wildman–Crippen MR) is 172 cm³/mol. The van der Waals surface area contributed by atoms with Gasteiger partial charge in [-0.1, -0.05) is 132 Å². The van der Waals surface area contributed by atoms with Crippen LogP contribution in [0.3, 0.4) is 0 Å². The van der Waals surface area contributed by atoms with Crippen LogP contribution in [0, 0.1) is 5.92 Å². The maximum Gasteiger partial charge on any atom is 0.332 e. The van der Waals surface area contributed by atoms with Crippen molar-refractivity contribution >= 4 is 11.9 Å². The molecule has 0 bridgehead atoms. The molecule has 0 spiro atoms. The van der Waals surface area contributed by atoms with E-state index in [-0.39, 0.29) is 5.57 Å². The molecule has 0 aliphatic carbocycles. The maximum absolute atomic E-state index is 11.8. The fourth-order valence-electron chi connectivity index (χ4n) is 4.44. The van der Waals surface area contributed by atoms with E-state index in [0.717, 1.165) is 70.6 Å². The molecule has 4 heteroatoms. The second-order valence-electron chi connectivity index (χ2n) is 10.5. The van der Waals surface area contributed by atoms with Crippen LogP contribution < -0.4 is 0 Å². The van der Waals surface area contributed by atoms with Crippen molar-refractivity contribution in [2.45, 2.75) is 136 Å². The van der Waals surface area contributed by atoms with Gasteiger partial charge in [-0.2, -0.15) is 0 Å². The molecule has 0 aliphatic heterocycles. The van der Waals surface area contributed by atoms with Gasteiger partial charge in [0.2, 0.25) is 0 Å². The first-order chi connectivity index (χ1) is 19.5. The van der Waals surface area contributed by atoms with Gasteiger partial charge in [-0.15, -0.1) is 0 Å². The first-order valence-electron chi connectivity index (χ1n) is 16.0. The van der Waals surface area contributed by atoms with Crippen molar-refractivity contribution in [2.75, 3.05) is 0 Å². The molecule has 226 valence electrons. The molecule has 0 aromatic carbocycles. The highest BCUT2D eigenvalue weighted by atomic mass is 16.4. The molecule has 0 radical (unpaired) electrons. The van der Waals surface area contributed by atoms with E-state index in [1.165, 1.54) is 44.6 Å². The second kappa shape index (κ2) is 29.4. The van der Waals surface area contributed by atoms with E-state index in [1.54, 1.807) is 6.08 Å². The Bertz CT molecular complexity index is 798. The lowest BCUT2D eigenvalue weighted by molar-refractivity contribution is -0.144. The molecule has 2 N–H and O–H groups in total. The van der Waals surface area contributed by atoms with Gasteiger partial charge in [-0.3, -0.25) is 4.79 Å². The van der Waals surface area contributed by atoms with Crippen molar-refractivity contribution in [3.63, 3.8) is 0 Å². The molecule has 0 aliphatic rings. The number of aliphatic carboxylic acids is 2. The van der Waals surface area contributed by atoms with E-state index in [1.807, 2.05) is 6.08 Å². The summed E-state index contributed by atoms with van der Waals surface area (Å²) in [6.07, 6.45) is 42.8. The number of allylic oxidation sites excluding steroid dienone is 11. The van der Waals surface area contributed by atoms with Gasteiger partial charge in [0.05, 0.1) is 11.5 Å². The topological polar surface area (TPSA) is 74.6 Å². The van der Waals surface area contributed by atoms with E-state index in [4.69, 9.17) is 0 Å². The molecule has 0 amide bonds. The van der Waals surface area contributed by atoms with Crippen LogP contribution in [0.4, 0.5) is 0 Å². The molecule has 4 nitrogen and oxygen atoms in total. The normalized spacial score (nSPS) is 13.6. The first kappa shape index (κ1) is 37.4. The molecular weight excluding hydrogens is 496 g/mol. The average molecular weight is 555 g/mol. The van der Waals surface area contributed by atoms with Gasteiger partial charge in [0.1, 0.15) is 0 Å². The Labute approximate surface area is 245 Å². The van der Waals surface area contributed by atoms with Crippen LogP contribution in [-0.4, -0.2) is 22.2 Å². The number of carboxylic acids is 2. The maximum atomic E-state index is 11.8. The lowest BCUT2D eigenvalue weighted by atomic mass is 9.92. The van der Waals surface area contributed by atoms with E-state index < -0.39 is 17.9 Å². The van der Waals surface area contributed by atoms with E-state index >= 15 is 0 Å². The summed E-state index contributed by atoms with van der Waals surface area (Å²) in [5, 5.41) is 19.3. The minimum absolute atomic E-state index is 0.0243. The summed E-state index contributed by atoms with van der Waals surface area (Å²) in [4.78, 5) is 23.6. The Balaban J connectivity index is 4.20. The van der Waals surface area contributed by atoms with Crippen molar-refractivity contribution < 1.29 is 19.8 Å². The fourth-order valence-corrected chi connectivity index (χ4v) is 4.44. The van der Waals surface area contributed by atoms with Crippen LogP contribution in [0.1, 0.15) is 136 Å². The van der Waals surface area contributed by atoms with Gasteiger partial charge >= 0.3 is 11.9 Å². The largest absolute Gasteiger partial charge is 0.481 e. The molecule has 1 atom stereocenters. The average Bonchev–Trinajstić information content (AvgIpc) is 2.93. The number of carboxylic acid groups (broad SMARTS) is 2. The summed E-state index contributed by atoms with van der Waals surface area (Å²) in [5.74, 6) is -3.17. The zero-order valence-corrected chi connectivity index (χ0v) is 25.6. The molecule has 0 rings (SSSR count). The minimum atomic E-state index is -1.14. The third-order valence-electron chi connectivity index (χ3n) is 6.86. The quantitative estimate of drug-likeness (QED) is 0.0458. The lowest BCUT2D eigenvalue weighted by Crippen LogP contribution is -2.21. The number of rotatable bonds is 27. The van der Waals surface area contributed by atoms with Gasteiger partial charge in [0, 0.05) is 0 Å². The van der Waals surface area contributed by atoms with Gasteiger partial charge in [-0.25, -0.2) is 4.79 Å². The van der Waals surface area contributed by atoms with Crippen LogP contribution in [0.25, 0.3) is 0 Å². The van der Waals surface area contributed by atoms with Gasteiger partial charge in [0.25, 0.3) is 0 Å². The number of hydrogen-bond acceptors (Lipinski definition) is 2.